The number of nitrogens with zero attached hydrogens (tertiary/aromatic N) is 1. The molecule has 1 aliphatic heterocycles. The first-order valence-electron chi connectivity index (χ1n) is 3.83. The third-order valence-electron chi connectivity index (χ3n) is 1.48. The fourth-order valence-corrected chi connectivity index (χ4v) is 0.907. The van der Waals surface area contributed by atoms with E-state index in [0.717, 1.165) is 6.42 Å². The van der Waals surface area contributed by atoms with Crippen molar-refractivity contribution >= 4 is 6.21 Å². The van der Waals surface area contributed by atoms with Gasteiger partial charge in [-0.1, -0.05) is 12.2 Å². The first kappa shape index (κ1) is 7.26. The lowest BCUT2D eigenvalue weighted by molar-refractivity contribution is 0.782. The lowest BCUT2D eigenvalue weighted by Crippen LogP contribution is -1.77. The van der Waals surface area contributed by atoms with Crippen LogP contribution in [0.1, 0.15) is 25.7 Å². The molecule has 0 amide bonds. The van der Waals surface area contributed by atoms with Crippen molar-refractivity contribution in [2.24, 2.45) is 4.99 Å². The second-order valence-electron chi connectivity index (χ2n) is 2.39. The summed E-state index contributed by atoms with van der Waals surface area (Å²) in [6.45, 7) is 0. The lowest BCUT2D eigenvalue weighted by atomic mass is 10.2. The van der Waals surface area contributed by atoms with Gasteiger partial charge >= 0.3 is 0 Å². The van der Waals surface area contributed by atoms with Crippen molar-refractivity contribution in [3.63, 3.8) is 0 Å². The lowest BCUT2D eigenvalue weighted by Gasteiger charge is -1.92. The van der Waals surface area contributed by atoms with E-state index in [1.165, 1.54) is 19.3 Å². The van der Waals surface area contributed by atoms with Crippen molar-refractivity contribution in [3.05, 3.63) is 24.4 Å². The first-order chi connectivity index (χ1) is 5.00. The predicted octanol–water partition coefficient (Wildman–Crippen LogP) is 2.70. The summed E-state index contributed by atoms with van der Waals surface area (Å²) in [6.07, 6.45) is 14.9. The van der Waals surface area contributed by atoms with Crippen molar-refractivity contribution in [1.82, 2.24) is 0 Å². The molecular formula is C9H13N. The topological polar surface area (TPSA) is 12.4 Å². The van der Waals surface area contributed by atoms with Crippen molar-refractivity contribution in [2.45, 2.75) is 25.7 Å². The zero-order chi connectivity index (χ0) is 7.07. The molecule has 0 unspecified atom stereocenters. The summed E-state index contributed by atoms with van der Waals surface area (Å²) in [5.74, 6) is 0. The molecule has 1 nitrogen and oxygen atoms in total. The normalized spacial score (nSPS) is 19.2. The number of rotatable bonds is 0. The van der Waals surface area contributed by atoms with Gasteiger partial charge in [-0.3, -0.25) is 4.99 Å². The Morgan fingerprint density at radius 3 is 2.90 bits per heavy atom. The van der Waals surface area contributed by atoms with Gasteiger partial charge in [0.15, 0.2) is 0 Å². The van der Waals surface area contributed by atoms with Crippen molar-refractivity contribution in [1.29, 1.82) is 0 Å². The number of allylic oxidation sites excluding steroid dienone is 3. The Morgan fingerprint density at radius 2 is 1.90 bits per heavy atom. The Hall–Kier alpha value is -0.850. The second-order valence-corrected chi connectivity index (χ2v) is 2.39. The van der Waals surface area contributed by atoms with Crippen LogP contribution in [0.2, 0.25) is 0 Å². The van der Waals surface area contributed by atoms with E-state index in [9.17, 15) is 0 Å². The summed E-state index contributed by atoms with van der Waals surface area (Å²) in [5, 5.41) is 0. The van der Waals surface area contributed by atoms with Crippen LogP contribution in [0, 0.1) is 0 Å². The van der Waals surface area contributed by atoms with Crippen molar-refractivity contribution < 1.29 is 0 Å². The quantitative estimate of drug-likeness (QED) is 0.484. The number of aliphatic imine (C=N–C) groups is 1. The monoisotopic (exact) mass is 135 g/mol. The molecule has 1 rings (SSSR count). The summed E-state index contributed by atoms with van der Waals surface area (Å²) < 4.78 is 0. The molecule has 0 aromatic carbocycles. The van der Waals surface area contributed by atoms with Crippen LogP contribution in [0.3, 0.4) is 0 Å². The zero-order valence-corrected chi connectivity index (χ0v) is 6.16. The molecule has 1 heterocycles. The minimum absolute atomic E-state index is 1.12. The van der Waals surface area contributed by atoms with Gasteiger partial charge in [0.25, 0.3) is 0 Å². The second kappa shape index (κ2) is 4.98. The van der Waals surface area contributed by atoms with Gasteiger partial charge in [0.2, 0.25) is 0 Å². The zero-order valence-electron chi connectivity index (χ0n) is 6.16. The molecule has 0 aromatic heterocycles. The average molecular weight is 135 g/mol. The molecule has 0 saturated carbocycles. The molecule has 0 spiro atoms. The van der Waals surface area contributed by atoms with Crippen LogP contribution in [-0.4, -0.2) is 6.21 Å². The van der Waals surface area contributed by atoms with Gasteiger partial charge in [-0.15, -0.1) is 0 Å². The van der Waals surface area contributed by atoms with E-state index < -0.39 is 0 Å². The molecule has 0 fully saturated rings. The van der Waals surface area contributed by atoms with E-state index >= 15 is 0 Å². The average Bonchev–Trinajstić information content (AvgIpc) is 2.01. The van der Waals surface area contributed by atoms with Gasteiger partial charge in [0.05, 0.1) is 0 Å². The van der Waals surface area contributed by atoms with Gasteiger partial charge < -0.3 is 0 Å². The minimum atomic E-state index is 1.12. The molecule has 0 aromatic rings. The standard InChI is InChI=1S/C9H13N/c1-2-4-6-8-10-9-7-5-3-1/h2,4,6,8-9H,1,3,5,7H2. The van der Waals surface area contributed by atoms with Crippen LogP contribution in [0.15, 0.2) is 29.4 Å². The Kier molecular flexibility index (Phi) is 3.61. The molecule has 0 N–H and O–H groups in total. The largest absolute Gasteiger partial charge is 0.269 e. The molecule has 0 bridgehead atoms. The number of hydrogen-bond acceptors (Lipinski definition) is 1. The van der Waals surface area contributed by atoms with Crippen LogP contribution >= 0.6 is 0 Å². The fraction of sp³-hybridized carbons (Fsp3) is 0.444. The molecule has 0 aliphatic carbocycles. The highest BCUT2D eigenvalue weighted by molar-refractivity contribution is 5.57. The highest BCUT2D eigenvalue weighted by Gasteiger charge is 1.83. The van der Waals surface area contributed by atoms with E-state index in [0.29, 0.717) is 0 Å². The maximum atomic E-state index is 4.08. The van der Waals surface area contributed by atoms with E-state index in [-0.39, 0.29) is 0 Å². The van der Waals surface area contributed by atoms with E-state index in [1.807, 2.05) is 18.5 Å². The van der Waals surface area contributed by atoms with Crippen LogP contribution < -0.4 is 0 Å². The molecule has 54 valence electrons. The Balaban J connectivity index is 2.40. The molecule has 0 saturated heterocycles. The molecule has 1 aliphatic rings. The van der Waals surface area contributed by atoms with Crippen LogP contribution in [-0.2, 0) is 0 Å². The van der Waals surface area contributed by atoms with Gasteiger partial charge in [-0.05, 0) is 31.8 Å². The highest BCUT2D eigenvalue weighted by Crippen LogP contribution is 2.00. The van der Waals surface area contributed by atoms with E-state index in [2.05, 4.69) is 17.1 Å². The van der Waals surface area contributed by atoms with E-state index in [1.54, 1.807) is 0 Å². The fourth-order valence-electron chi connectivity index (χ4n) is 0.907. The van der Waals surface area contributed by atoms with Crippen LogP contribution in [0.5, 0.6) is 0 Å². The van der Waals surface area contributed by atoms with Gasteiger partial charge in [-0.2, -0.15) is 0 Å². The highest BCUT2D eigenvalue weighted by atomic mass is 14.7. The predicted molar refractivity (Wildman–Crippen MR) is 45.2 cm³/mol. The summed E-state index contributed by atoms with van der Waals surface area (Å²) in [4.78, 5) is 4.08. The van der Waals surface area contributed by atoms with Gasteiger partial charge in [0.1, 0.15) is 0 Å². The molecule has 1 heteroatoms. The maximum Gasteiger partial charge on any atom is 0.0263 e. The third kappa shape index (κ3) is 3.23. The van der Waals surface area contributed by atoms with Crippen molar-refractivity contribution in [2.75, 3.05) is 0 Å². The van der Waals surface area contributed by atoms with Crippen molar-refractivity contribution in [3.8, 4) is 0 Å². The first-order valence-corrected chi connectivity index (χ1v) is 3.83. The SMILES string of the molecule is C1=CCCCCC=NC=C1. The molecule has 10 heavy (non-hydrogen) atoms. The maximum absolute atomic E-state index is 4.08. The molecule has 0 radical (unpaired) electrons. The Bertz CT molecular complexity index is 136. The van der Waals surface area contributed by atoms with Crippen LogP contribution in [0.25, 0.3) is 0 Å². The Labute approximate surface area is 62.2 Å². The smallest absolute Gasteiger partial charge is 0.0263 e. The minimum Gasteiger partial charge on any atom is -0.269 e. The summed E-state index contributed by atoms with van der Waals surface area (Å²) in [7, 11) is 0. The number of hydrogen-bond donors (Lipinski definition) is 0. The summed E-state index contributed by atoms with van der Waals surface area (Å²) in [5.41, 5.74) is 0. The Morgan fingerprint density at radius 1 is 1.00 bits per heavy atom. The van der Waals surface area contributed by atoms with Gasteiger partial charge in [-0.25, -0.2) is 0 Å². The summed E-state index contributed by atoms with van der Waals surface area (Å²) >= 11 is 0. The van der Waals surface area contributed by atoms with E-state index in [4.69, 9.17) is 0 Å². The molecular weight excluding hydrogens is 122 g/mol. The molecule has 0 atom stereocenters. The van der Waals surface area contributed by atoms with Crippen LogP contribution in [0.4, 0.5) is 0 Å². The van der Waals surface area contributed by atoms with Gasteiger partial charge in [0, 0.05) is 12.4 Å². The summed E-state index contributed by atoms with van der Waals surface area (Å²) in [6, 6.07) is 0. The third-order valence-corrected chi connectivity index (χ3v) is 1.48.